The number of nitrogens with one attached hydrogen (secondary N) is 1. The summed E-state index contributed by atoms with van der Waals surface area (Å²) in [4.78, 5) is 23.5. The van der Waals surface area contributed by atoms with Crippen LogP contribution >= 0.6 is 0 Å². The number of benzene rings is 1. The van der Waals surface area contributed by atoms with Crippen LogP contribution in [0.4, 0.5) is 9.18 Å². The lowest BCUT2D eigenvalue weighted by atomic mass is 10.2. The van der Waals surface area contributed by atoms with E-state index in [1.807, 2.05) is 30.3 Å². The maximum Gasteiger partial charge on any atom is 0.408 e. The van der Waals surface area contributed by atoms with E-state index >= 15 is 0 Å². The third kappa shape index (κ3) is 8.49. The zero-order valence-electron chi connectivity index (χ0n) is 15.1. The Balaban J connectivity index is 2.66. The van der Waals surface area contributed by atoms with Gasteiger partial charge in [-0.3, -0.25) is 0 Å². The van der Waals surface area contributed by atoms with Crippen LogP contribution in [-0.4, -0.2) is 43.1 Å². The predicted octanol–water partition coefficient (Wildman–Crippen LogP) is 3.00. The second-order valence-electron chi connectivity index (χ2n) is 6.41. The number of carbonyl (C=O) groups excluding carboxylic acids is 2. The van der Waals surface area contributed by atoms with Crippen molar-refractivity contribution in [3.63, 3.8) is 0 Å². The van der Waals surface area contributed by atoms with Crippen LogP contribution in [0.15, 0.2) is 30.3 Å². The molecule has 0 aliphatic heterocycles. The molecule has 7 heteroatoms. The van der Waals surface area contributed by atoms with Crippen molar-refractivity contribution in [3.05, 3.63) is 35.9 Å². The van der Waals surface area contributed by atoms with E-state index in [1.54, 1.807) is 27.7 Å². The van der Waals surface area contributed by atoms with Gasteiger partial charge in [0.25, 0.3) is 0 Å². The summed E-state index contributed by atoms with van der Waals surface area (Å²) in [6, 6.07) is 8.08. The highest BCUT2D eigenvalue weighted by molar-refractivity contribution is 5.77. The van der Waals surface area contributed by atoms with E-state index in [0.717, 1.165) is 5.56 Å². The maximum atomic E-state index is 14.3. The normalized spacial score (nSPS) is 13.6. The molecule has 1 aromatic rings. The first-order chi connectivity index (χ1) is 11.7. The molecular formula is C18H26FNO5. The number of carbonyl (C=O) groups is 2. The molecule has 140 valence electrons. The molecular weight excluding hydrogens is 329 g/mol. The Bertz CT molecular complexity index is 544. The van der Waals surface area contributed by atoms with Crippen molar-refractivity contribution >= 4 is 12.1 Å². The van der Waals surface area contributed by atoms with E-state index < -0.39 is 29.9 Å². The molecule has 1 rings (SSSR count). The summed E-state index contributed by atoms with van der Waals surface area (Å²) in [5.41, 5.74) is 0.153. The quantitative estimate of drug-likeness (QED) is 0.726. The number of hydrogen-bond acceptors (Lipinski definition) is 5. The topological polar surface area (TPSA) is 73.9 Å². The van der Waals surface area contributed by atoms with Crippen LogP contribution in [0.1, 0.15) is 33.3 Å². The second-order valence-corrected chi connectivity index (χ2v) is 6.41. The van der Waals surface area contributed by atoms with Gasteiger partial charge in [-0.2, -0.15) is 0 Å². The molecule has 25 heavy (non-hydrogen) atoms. The van der Waals surface area contributed by atoms with Gasteiger partial charge >= 0.3 is 12.1 Å². The maximum absolute atomic E-state index is 14.3. The smallest absolute Gasteiger partial charge is 0.408 e. The summed E-state index contributed by atoms with van der Waals surface area (Å²) in [5, 5.41) is 2.34. The Hall–Kier alpha value is -2.15. The lowest BCUT2D eigenvalue weighted by molar-refractivity contribution is -0.151. The van der Waals surface area contributed by atoms with E-state index in [1.165, 1.54) is 0 Å². The third-order valence-electron chi connectivity index (χ3n) is 2.98. The molecule has 2 unspecified atom stereocenters. The highest BCUT2D eigenvalue weighted by Gasteiger charge is 2.32. The molecule has 0 saturated carbocycles. The zero-order chi connectivity index (χ0) is 18.9. The van der Waals surface area contributed by atoms with Gasteiger partial charge in [0.2, 0.25) is 6.17 Å². The summed E-state index contributed by atoms with van der Waals surface area (Å²) in [7, 11) is 0. The Morgan fingerprint density at radius 1 is 1.20 bits per heavy atom. The molecule has 2 atom stereocenters. The van der Waals surface area contributed by atoms with Crippen LogP contribution < -0.4 is 5.32 Å². The SMILES string of the molecule is CCOC(=O)C(F)C(COCc1ccccc1)NC(=O)OC(C)(C)C. The molecule has 0 bridgehead atoms. The van der Waals surface area contributed by atoms with E-state index in [9.17, 15) is 14.0 Å². The molecule has 1 N–H and O–H groups in total. The Kier molecular flexibility index (Phi) is 8.34. The monoisotopic (exact) mass is 355 g/mol. The molecule has 0 heterocycles. The number of amides is 1. The highest BCUT2D eigenvalue weighted by Crippen LogP contribution is 2.10. The van der Waals surface area contributed by atoms with Crippen LogP contribution in [0.3, 0.4) is 0 Å². The minimum absolute atomic E-state index is 0.0449. The summed E-state index contributed by atoms with van der Waals surface area (Å²) >= 11 is 0. The van der Waals surface area contributed by atoms with Crippen molar-refractivity contribution in [1.82, 2.24) is 5.32 Å². The molecule has 0 radical (unpaired) electrons. The van der Waals surface area contributed by atoms with Gasteiger partial charge in [0, 0.05) is 0 Å². The lowest BCUT2D eigenvalue weighted by Crippen LogP contribution is -2.49. The molecule has 1 aromatic carbocycles. The van der Waals surface area contributed by atoms with Crippen LogP contribution in [0.25, 0.3) is 0 Å². The number of halogens is 1. The molecule has 0 saturated heterocycles. The summed E-state index contributed by atoms with van der Waals surface area (Å²) in [6.45, 7) is 6.70. The van der Waals surface area contributed by atoms with E-state index in [0.29, 0.717) is 0 Å². The van der Waals surface area contributed by atoms with Gasteiger partial charge in [-0.25, -0.2) is 14.0 Å². The molecule has 0 aromatic heterocycles. The summed E-state index contributed by atoms with van der Waals surface area (Å²) in [6.07, 6.45) is -2.88. The average Bonchev–Trinajstić information content (AvgIpc) is 2.52. The third-order valence-corrected chi connectivity index (χ3v) is 2.98. The second kappa shape index (κ2) is 9.98. The van der Waals surface area contributed by atoms with Crippen molar-refractivity contribution in [2.24, 2.45) is 0 Å². The van der Waals surface area contributed by atoms with Crippen molar-refractivity contribution in [1.29, 1.82) is 0 Å². The lowest BCUT2D eigenvalue weighted by Gasteiger charge is -2.25. The van der Waals surface area contributed by atoms with Crippen molar-refractivity contribution < 1.29 is 28.2 Å². The van der Waals surface area contributed by atoms with Crippen LogP contribution in [0.2, 0.25) is 0 Å². The standard InChI is InChI=1S/C18H26FNO5/c1-5-24-16(21)15(19)14(20-17(22)25-18(2,3)4)12-23-11-13-9-7-6-8-10-13/h6-10,14-15H,5,11-12H2,1-4H3,(H,20,22). The van der Waals surface area contributed by atoms with Gasteiger partial charge in [0.1, 0.15) is 5.60 Å². The Morgan fingerprint density at radius 2 is 1.84 bits per heavy atom. The number of ether oxygens (including phenoxy) is 3. The zero-order valence-corrected chi connectivity index (χ0v) is 15.1. The van der Waals surface area contributed by atoms with Gasteiger partial charge in [0.05, 0.1) is 25.9 Å². The molecule has 0 spiro atoms. The van der Waals surface area contributed by atoms with Crippen molar-refractivity contribution in [2.75, 3.05) is 13.2 Å². The fraction of sp³-hybridized carbons (Fsp3) is 0.556. The van der Waals surface area contributed by atoms with Crippen molar-refractivity contribution in [3.8, 4) is 0 Å². The number of alkyl halides is 1. The first kappa shape index (κ1) is 20.9. The number of esters is 1. The molecule has 0 aliphatic carbocycles. The van der Waals surface area contributed by atoms with Gasteiger partial charge in [-0.1, -0.05) is 30.3 Å². The summed E-state index contributed by atoms with van der Waals surface area (Å²) in [5.74, 6) is -1.05. The van der Waals surface area contributed by atoms with Gasteiger partial charge in [-0.05, 0) is 33.3 Å². The molecule has 0 aliphatic rings. The number of hydrogen-bond donors (Lipinski definition) is 1. The minimum atomic E-state index is -2.05. The number of alkyl carbamates (subject to hydrolysis) is 1. The van der Waals surface area contributed by atoms with E-state index in [4.69, 9.17) is 9.47 Å². The summed E-state index contributed by atoms with van der Waals surface area (Å²) < 4.78 is 29.6. The first-order valence-electron chi connectivity index (χ1n) is 8.15. The number of rotatable bonds is 8. The largest absolute Gasteiger partial charge is 0.464 e. The Morgan fingerprint density at radius 3 is 2.40 bits per heavy atom. The van der Waals surface area contributed by atoms with Crippen LogP contribution in [0.5, 0.6) is 0 Å². The van der Waals surface area contributed by atoms with Gasteiger partial charge in [0.15, 0.2) is 0 Å². The Labute approximate surface area is 147 Å². The van der Waals surface area contributed by atoms with Gasteiger partial charge < -0.3 is 19.5 Å². The first-order valence-corrected chi connectivity index (χ1v) is 8.15. The predicted molar refractivity (Wildman–Crippen MR) is 90.8 cm³/mol. The van der Waals surface area contributed by atoms with Gasteiger partial charge in [-0.15, -0.1) is 0 Å². The van der Waals surface area contributed by atoms with Crippen molar-refractivity contribution in [2.45, 2.75) is 52.1 Å². The van der Waals surface area contributed by atoms with Crippen LogP contribution in [0, 0.1) is 0 Å². The molecule has 6 nitrogen and oxygen atoms in total. The average molecular weight is 355 g/mol. The van der Waals surface area contributed by atoms with E-state index in [2.05, 4.69) is 10.1 Å². The fourth-order valence-electron chi connectivity index (χ4n) is 1.92. The molecule has 0 fully saturated rings. The van der Waals surface area contributed by atoms with Crippen LogP contribution in [-0.2, 0) is 25.6 Å². The molecule has 1 amide bonds. The fourth-order valence-corrected chi connectivity index (χ4v) is 1.92. The highest BCUT2D eigenvalue weighted by atomic mass is 19.1. The minimum Gasteiger partial charge on any atom is -0.464 e. The van der Waals surface area contributed by atoms with E-state index in [-0.39, 0.29) is 19.8 Å².